The van der Waals surface area contributed by atoms with E-state index in [-0.39, 0.29) is 5.91 Å². The third kappa shape index (κ3) is 5.00. The first kappa shape index (κ1) is 19.2. The van der Waals surface area contributed by atoms with E-state index in [1.807, 2.05) is 54.6 Å². The summed E-state index contributed by atoms with van der Waals surface area (Å²) in [4.78, 5) is 16.9. The van der Waals surface area contributed by atoms with Crippen LogP contribution in [-0.4, -0.2) is 17.5 Å². The number of hydrogen-bond acceptors (Lipinski definition) is 4. The van der Waals surface area contributed by atoms with Gasteiger partial charge >= 0.3 is 0 Å². The first-order chi connectivity index (χ1) is 14.2. The number of carbonyl (C=O) groups is 1. The molecule has 0 saturated carbocycles. The molecule has 0 aliphatic heterocycles. The Bertz CT molecular complexity index is 1100. The molecule has 29 heavy (non-hydrogen) atoms. The number of fused-ring (bicyclic) bond motifs is 1. The van der Waals surface area contributed by atoms with Crippen LogP contribution in [0.1, 0.15) is 18.4 Å². The van der Waals surface area contributed by atoms with Gasteiger partial charge in [-0.1, -0.05) is 24.3 Å². The number of anilines is 1. The average Bonchev–Trinajstić information content (AvgIpc) is 3.16. The normalized spacial score (nSPS) is 10.8. The predicted molar refractivity (Wildman–Crippen MR) is 120 cm³/mol. The molecule has 0 fully saturated rings. The Morgan fingerprint density at radius 3 is 2.62 bits per heavy atom. The van der Waals surface area contributed by atoms with Gasteiger partial charge in [0.2, 0.25) is 5.91 Å². The molecule has 0 bridgehead atoms. The summed E-state index contributed by atoms with van der Waals surface area (Å²) in [7, 11) is 0. The minimum Gasteiger partial charge on any atom is -0.494 e. The van der Waals surface area contributed by atoms with Crippen molar-refractivity contribution < 1.29 is 9.53 Å². The van der Waals surface area contributed by atoms with Gasteiger partial charge in [0.1, 0.15) is 10.8 Å². The molecule has 4 nitrogen and oxygen atoms in total. The number of aryl methyl sites for hydroxylation is 1. The van der Waals surface area contributed by atoms with Gasteiger partial charge in [0.15, 0.2) is 0 Å². The van der Waals surface area contributed by atoms with Crippen molar-refractivity contribution in [3.63, 3.8) is 0 Å². The van der Waals surface area contributed by atoms with Crippen LogP contribution in [-0.2, 0) is 4.79 Å². The highest BCUT2D eigenvalue weighted by Crippen LogP contribution is 2.31. The lowest BCUT2D eigenvalue weighted by atomic mass is 10.2. The Hall–Kier alpha value is -3.18. The highest BCUT2D eigenvalue weighted by molar-refractivity contribution is 7.21. The van der Waals surface area contributed by atoms with E-state index >= 15 is 0 Å². The van der Waals surface area contributed by atoms with Crippen molar-refractivity contribution in [3.05, 3.63) is 78.4 Å². The second kappa shape index (κ2) is 8.88. The molecule has 3 aromatic carbocycles. The Kier molecular flexibility index (Phi) is 5.86. The van der Waals surface area contributed by atoms with Crippen molar-refractivity contribution in [2.24, 2.45) is 0 Å². The number of carbonyl (C=O) groups excluding carboxylic acids is 1. The third-order valence-electron chi connectivity index (χ3n) is 4.52. The monoisotopic (exact) mass is 402 g/mol. The molecule has 1 aromatic heterocycles. The molecular formula is C24H22N2O2S. The molecule has 4 aromatic rings. The van der Waals surface area contributed by atoms with Crippen LogP contribution in [0.5, 0.6) is 5.75 Å². The molecule has 0 aliphatic carbocycles. The third-order valence-corrected chi connectivity index (χ3v) is 5.59. The standard InChI is InChI=1S/C24H22N2O2S/c1-17-9-14-21-22(16-17)29-24(26-21)18-10-12-19(13-11-18)25-23(27)8-5-15-28-20-6-3-2-4-7-20/h2-4,6-7,9-14,16H,5,8,15H2,1H3,(H,25,27). The molecule has 0 spiro atoms. The van der Waals surface area contributed by atoms with Crippen LogP contribution in [0.15, 0.2) is 72.8 Å². The van der Waals surface area contributed by atoms with E-state index in [2.05, 4.69) is 30.4 Å². The molecule has 0 atom stereocenters. The number of hydrogen-bond donors (Lipinski definition) is 1. The molecule has 0 radical (unpaired) electrons. The molecule has 0 unspecified atom stereocenters. The SMILES string of the molecule is Cc1ccc2nc(-c3ccc(NC(=O)CCCOc4ccccc4)cc3)sc2c1. The van der Waals surface area contributed by atoms with E-state index in [0.29, 0.717) is 19.4 Å². The van der Waals surface area contributed by atoms with Crippen LogP contribution >= 0.6 is 11.3 Å². The van der Waals surface area contributed by atoms with E-state index in [1.165, 1.54) is 10.3 Å². The summed E-state index contributed by atoms with van der Waals surface area (Å²) in [6.07, 6.45) is 1.09. The Labute approximate surface area is 174 Å². The molecule has 146 valence electrons. The minimum absolute atomic E-state index is 0.00938. The summed E-state index contributed by atoms with van der Waals surface area (Å²) < 4.78 is 6.81. The van der Waals surface area contributed by atoms with Crippen LogP contribution in [0.25, 0.3) is 20.8 Å². The first-order valence-corrected chi connectivity index (χ1v) is 10.4. The smallest absolute Gasteiger partial charge is 0.224 e. The minimum atomic E-state index is -0.00938. The van der Waals surface area contributed by atoms with Crippen LogP contribution in [0.4, 0.5) is 5.69 Å². The van der Waals surface area contributed by atoms with Crippen molar-refractivity contribution in [2.45, 2.75) is 19.8 Å². The molecule has 5 heteroatoms. The molecule has 0 saturated heterocycles. The van der Waals surface area contributed by atoms with Gasteiger partial charge in [0.05, 0.1) is 16.8 Å². The fourth-order valence-electron chi connectivity index (χ4n) is 3.01. The van der Waals surface area contributed by atoms with Crippen molar-refractivity contribution in [1.82, 2.24) is 4.98 Å². The van der Waals surface area contributed by atoms with Gasteiger partial charge in [-0.2, -0.15) is 0 Å². The number of aromatic nitrogens is 1. The molecule has 0 aliphatic rings. The number of amides is 1. The Balaban J connectivity index is 1.30. The molecule has 1 heterocycles. The molecule has 4 rings (SSSR count). The summed E-state index contributed by atoms with van der Waals surface area (Å²) in [6.45, 7) is 2.61. The highest BCUT2D eigenvalue weighted by Gasteiger charge is 2.08. The summed E-state index contributed by atoms with van der Waals surface area (Å²) in [5, 5.41) is 3.93. The van der Waals surface area contributed by atoms with Gasteiger partial charge in [0, 0.05) is 17.7 Å². The van der Waals surface area contributed by atoms with E-state index in [4.69, 9.17) is 9.72 Å². The van der Waals surface area contributed by atoms with Gasteiger partial charge in [-0.3, -0.25) is 4.79 Å². The van der Waals surface area contributed by atoms with Gasteiger partial charge in [-0.25, -0.2) is 4.98 Å². The van der Waals surface area contributed by atoms with Gasteiger partial charge in [0.25, 0.3) is 0 Å². The number of benzene rings is 3. The van der Waals surface area contributed by atoms with Gasteiger partial charge in [-0.05, 0) is 67.4 Å². The quantitative estimate of drug-likeness (QED) is 0.382. The number of nitrogens with one attached hydrogen (secondary N) is 1. The number of rotatable bonds is 7. The lowest BCUT2D eigenvalue weighted by Gasteiger charge is -2.07. The lowest BCUT2D eigenvalue weighted by molar-refractivity contribution is -0.116. The van der Waals surface area contributed by atoms with Crippen molar-refractivity contribution >= 4 is 33.1 Å². The molecule has 1 N–H and O–H groups in total. The topological polar surface area (TPSA) is 51.2 Å². The van der Waals surface area contributed by atoms with E-state index in [9.17, 15) is 4.79 Å². The maximum absolute atomic E-state index is 12.2. The van der Waals surface area contributed by atoms with Crippen LogP contribution < -0.4 is 10.1 Å². The largest absolute Gasteiger partial charge is 0.494 e. The summed E-state index contributed by atoms with van der Waals surface area (Å²) in [5.74, 6) is 0.818. The van der Waals surface area contributed by atoms with Crippen molar-refractivity contribution in [1.29, 1.82) is 0 Å². The maximum atomic E-state index is 12.2. The zero-order valence-electron chi connectivity index (χ0n) is 16.2. The van der Waals surface area contributed by atoms with Gasteiger partial charge < -0.3 is 10.1 Å². The Morgan fingerprint density at radius 2 is 1.83 bits per heavy atom. The highest BCUT2D eigenvalue weighted by atomic mass is 32.1. The summed E-state index contributed by atoms with van der Waals surface area (Å²) in [5.41, 5.74) is 4.10. The molecule has 1 amide bonds. The number of para-hydroxylation sites is 1. The predicted octanol–water partition coefficient (Wildman–Crippen LogP) is 6.07. The first-order valence-electron chi connectivity index (χ1n) is 9.63. The number of thiazole rings is 1. The van der Waals surface area contributed by atoms with E-state index in [1.54, 1.807) is 11.3 Å². The number of ether oxygens (including phenoxy) is 1. The van der Waals surface area contributed by atoms with E-state index < -0.39 is 0 Å². The second-order valence-corrected chi connectivity index (χ2v) is 7.91. The zero-order chi connectivity index (χ0) is 20.1. The zero-order valence-corrected chi connectivity index (χ0v) is 17.0. The molecular weight excluding hydrogens is 380 g/mol. The van der Waals surface area contributed by atoms with Crippen molar-refractivity contribution in [2.75, 3.05) is 11.9 Å². The fourth-order valence-corrected chi connectivity index (χ4v) is 4.08. The van der Waals surface area contributed by atoms with Crippen LogP contribution in [0, 0.1) is 6.92 Å². The van der Waals surface area contributed by atoms with Crippen LogP contribution in [0.2, 0.25) is 0 Å². The second-order valence-electron chi connectivity index (χ2n) is 6.88. The van der Waals surface area contributed by atoms with Crippen LogP contribution in [0.3, 0.4) is 0 Å². The summed E-state index contributed by atoms with van der Waals surface area (Å²) >= 11 is 1.68. The summed E-state index contributed by atoms with van der Waals surface area (Å²) in [6, 6.07) is 23.8. The number of nitrogens with zero attached hydrogens (tertiary/aromatic N) is 1. The maximum Gasteiger partial charge on any atom is 0.224 e. The van der Waals surface area contributed by atoms with Crippen molar-refractivity contribution in [3.8, 4) is 16.3 Å². The van der Waals surface area contributed by atoms with Gasteiger partial charge in [-0.15, -0.1) is 11.3 Å². The van der Waals surface area contributed by atoms with E-state index in [0.717, 1.165) is 27.5 Å². The lowest BCUT2D eigenvalue weighted by Crippen LogP contribution is -2.12. The Morgan fingerprint density at radius 1 is 1.03 bits per heavy atom. The fraction of sp³-hybridized carbons (Fsp3) is 0.167. The average molecular weight is 403 g/mol.